The highest BCUT2D eigenvalue weighted by Crippen LogP contribution is 2.08. The summed E-state index contributed by atoms with van der Waals surface area (Å²) in [6, 6.07) is 1.88. The van der Waals surface area contributed by atoms with Crippen molar-refractivity contribution in [3.05, 3.63) is 35.0 Å². The first kappa shape index (κ1) is 10.6. The molecule has 0 bridgehead atoms. The lowest BCUT2D eigenvalue weighted by Gasteiger charge is -2.04. The van der Waals surface area contributed by atoms with Crippen molar-refractivity contribution in [3.8, 4) is 0 Å². The van der Waals surface area contributed by atoms with Gasteiger partial charge in [-0.25, -0.2) is 9.97 Å². The zero-order valence-electron chi connectivity index (χ0n) is 9.61. The molecule has 5 heteroatoms. The van der Waals surface area contributed by atoms with Crippen LogP contribution in [0.3, 0.4) is 0 Å². The molecule has 2 heterocycles. The summed E-state index contributed by atoms with van der Waals surface area (Å²) in [5.74, 6) is 1.39. The number of nitrogens with one attached hydrogen (secondary N) is 1. The van der Waals surface area contributed by atoms with E-state index in [2.05, 4.69) is 20.4 Å². The van der Waals surface area contributed by atoms with E-state index in [0.29, 0.717) is 12.5 Å². The summed E-state index contributed by atoms with van der Waals surface area (Å²) in [6.45, 7) is 6.38. The van der Waals surface area contributed by atoms with Gasteiger partial charge in [0.1, 0.15) is 0 Å². The molecule has 0 saturated heterocycles. The van der Waals surface area contributed by atoms with Crippen LogP contribution in [0, 0.1) is 20.8 Å². The van der Waals surface area contributed by atoms with Gasteiger partial charge in [0.15, 0.2) is 5.76 Å². The van der Waals surface area contributed by atoms with Crippen molar-refractivity contribution in [2.45, 2.75) is 27.3 Å². The van der Waals surface area contributed by atoms with E-state index in [4.69, 9.17) is 4.52 Å². The van der Waals surface area contributed by atoms with Crippen LogP contribution < -0.4 is 5.32 Å². The molecule has 0 radical (unpaired) electrons. The number of nitrogens with zero attached hydrogens (tertiary/aromatic N) is 3. The Labute approximate surface area is 93.9 Å². The first-order valence-electron chi connectivity index (χ1n) is 5.11. The molecule has 0 amide bonds. The van der Waals surface area contributed by atoms with Gasteiger partial charge in [-0.15, -0.1) is 0 Å². The van der Waals surface area contributed by atoms with Crippen molar-refractivity contribution in [1.29, 1.82) is 0 Å². The molecule has 2 aromatic rings. The standard InChI is InChI=1S/C11H14N4O/c1-7-5-12-11(14-9(7)3)13-6-10-4-8(2)15-16-10/h4-5H,6H2,1-3H3,(H,12,13,14). The molecular formula is C11H14N4O. The normalized spacial score (nSPS) is 10.4. The predicted molar refractivity (Wildman–Crippen MR) is 60.1 cm³/mol. The summed E-state index contributed by atoms with van der Waals surface area (Å²) in [4.78, 5) is 8.49. The average Bonchev–Trinajstić information content (AvgIpc) is 2.66. The van der Waals surface area contributed by atoms with Crippen molar-refractivity contribution in [2.75, 3.05) is 5.32 Å². The smallest absolute Gasteiger partial charge is 0.223 e. The van der Waals surface area contributed by atoms with Crippen LogP contribution in [-0.2, 0) is 6.54 Å². The van der Waals surface area contributed by atoms with E-state index in [9.17, 15) is 0 Å². The lowest BCUT2D eigenvalue weighted by atomic mass is 10.3. The molecule has 0 spiro atoms. The second kappa shape index (κ2) is 4.30. The van der Waals surface area contributed by atoms with Crippen molar-refractivity contribution >= 4 is 5.95 Å². The minimum atomic E-state index is 0.545. The van der Waals surface area contributed by atoms with Gasteiger partial charge in [-0.05, 0) is 26.3 Å². The molecule has 0 atom stereocenters. The van der Waals surface area contributed by atoms with E-state index in [1.807, 2.05) is 26.8 Å². The zero-order chi connectivity index (χ0) is 11.5. The van der Waals surface area contributed by atoms with Gasteiger partial charge in [-0.2, -0.15) is 0 Å². The van der Waals surface area contributed by atoms with E-state index in [0.717, 1.165) is 22.7 Å². The predicted octanol–water partition coefficient (Wildman–Crippen LogP) is 2.00. The minimum Gasteiger partial charge on any atom is -0.359 e. The second-order valence-corrected chi connectivity index (χ2v) is 3.75. The van der Waals surface area contributed by atoms with Gasteiger partial charge in [-0.3, -0.25) is 0 Å². The van der Waals surface area contributed by atoms with E-state index in [-0.39, 0.29) is 0 Å². The van der Waals surface area contributed by atoms with Gasteiger partial charge in [-0.1, -0.05) is 5.16 Å². The van der Waals surface area contributed by atoms with Gasteiger partial charge in [0.05, 0.1) is 12.2 Å². The summed E-state index contributed by atoms with van der Waals surface area (Å²) in [6.07, 6.45) is 1.80. The third-order valence-electron chi connectivity index (χ3n) is 2.32. The molecule has 5 nitrogen and oxygen atoms in total. The fourth-order valence-electron chi connectivity index (χ4n) is 1.28. The number of hydrogen-bond acceptors (Lipinski definition) is 5. The molecule has 0 aliphatic heterocycles. The summed E-state index contributed by atoms with van der Waals surface area (Å²) in [5.41, 5.74) is 2.94. The molecular weight excluding hydrogens is 204 g/mol. The molecule has 0 aromatic carbocycles. The first-order chi connectivity index (χ1) is 7.65. The van der Waals surface area contributed by atoms with Gasteiger partial charge < -0.3 is 9.84 Å². The number of hydrogen-bond donors (Lipinski definition) is 1. The minimum absolute atomic E-state index is 0.545. The maximum Gasteiger partial charge on any atom is 0.223 e. The van der Waals surface area contributed by atoms with Crippen molar-refractivity contribution in [3.63, 3.8) is 0 Å². The van der Waals surface area contributed by atoms with Crippen LogP contribution in [0.5, 0.6) is 0 Å². The number of aromatic nitrogens is 3. The Kier molecular flexibility index (Phi) is 2.85. The van der Waals surface area contributed by atoms with E-state index >= 15 is 0 Å². The Bertz CT molecular complexity index is 492. The molecule has 0 fully saturated rings. The summed E-state index contributed by atoms with van der Waals surface area (Å²) < 4.78 is 5.07. The molecule has 84 valence electrons. The fraction of sp³-hybridized carbons (Fsp3) is 0.364. The van der Waals surface area contributed by atoms with Crippen LogP contribution in [0.15, 0.2) is 16.8 Å². The van der Waals surface area contributed by atoms with E-state index in [1.165, 1.54) is 0 Å². The Balaban J connectivity index is 2.02. The summed E-state index contributed by atoms with van der Waals surface area (Å²) in [5, 5.41) is 6.89. The SMILES string of the molecule is Cc1cc(CNc2ncc(C)c(C)n2)on1. The molecule has 0 unspecified atom stereocenters. The number of anilines is 1. The van der Waals surface area contributed by atoms with Crippen LogP contribution in [0.4, 0.5) is 5.95 Å². The highest BCUT2D eigenvalue weighted by molar-refractivity contribution is 5.29. The second-order valence-electron chi connectivity index (χ2n) is 3.75. The Morgan fingerprint density at radius 1 is 1.31 bits per heavy atom. The van der Waals surface area contributed by atoms with E-state index < -0.39 is 0 Å². The highest BCUT2D eigenvalue weighted by Gasteiger charge is 2.02. The molecule has 16 heavy (non-hydrogen) atoms. The molecule has 2 aromatic heterocycles. The largest absolute Gasteiger partial charge is 0.359 e. The lowest BCUT2D eigenvalue weighted by molar-refractivity contribution is 0.384. The molecule has 2 rings (SSSR count). The Morgan fingerprint density at radius 2 is 2.12 bits per heavy atom. The maximum atomic E-state index is 5.07. The van der Waals surface area contributed by atoms with Gasteiger partial charge >= 0.3 is 0 Å². The van der Waals surface area contributed by atoms with Gasteiger partial charge in [0.2, 0.25) is 5.95 Å². The molecule has 0 aliphatic rings. The molecule has 1 N–H and O–H groups in total. The first-order valence-corrected chi connectivity index (χ1v) is 5.11. The summed E-state index contributed by atoms with van der Waals surface area (Å²) >= 11 is 0. The Morgan fingerprint density at radius 3 is 2.75 bits per heavy atom. The third kappa shape index (κ3) is 2.36. The van der Waals surface area contributed by atoms with Crippen LogP contribution >= 0.6 is 0 Å². The van der Waals surface area contributed by atoms with Gasteiger partial charge in [0, 0.05) is 18.0 Å². The van der Waals surface area contributed by atoms with Gasteiger partial charge in [0.25, 0.3) is 0 Å². The van der Waals surface area contributed by atoms with Crippen LogP contribution in [0.2, 0.25) is 0 Å². The average molecular weight is 218 g/mol. The summed E-state index contributed by atoms with van der Waals surface area (Å²) in [7, 11) is 0. The monoisotopic (exact) mass is 218 g/mol. The third-order valence-corrected chi connectivity index (χ3v) is 2.32. The highest BCUT2D eigenvalue weighted by atomic mass is 16.5. The van der Waals surface area contributed by atoms with E-state index in [1.54, 1.807) is 6.20 Å². The quantitative estimate of drug-likeness (QED) is 0.853. The number of rotatable bonds is 3. The molecule has 0 saturated carbocycles. The van der Waals surface area contributed by atoms with Crippen LogP contribution in [0.25, 0.3) is 0 Å². The fourth-order valence-corrected chi connectivity index (χ4v) is 1.28. The lowest BCUT2D eigenvalue weighted by Crippen LogP contribution is -2.04. The topological polar surface area (TPSA) is 63.8 Å². The zero-order valence-corrected chi connectivity index (χ0v) is 9.61. The van der Waals surface area contributed by atoms with Crippen LogP contribution in [0.1, 0.15) is 22.7 Å². The molecule has 0 aliphatic carbocycles. The van der Waals surface area contributed by atoms with Crippen molar-refractivity contribution < 1.29 is 4.52 Å². The van der Waals surface area contributed by atoms with Crippen molar-refractivity contribution in [1.82, 2.24) is 15.1 Å². The van der Waals surface area contributed by atoms with Crippen molar-refractivity contribution in [2.24, 2.45) is 0 Å². The Hall–Kier alpha value is -1.91. The number of aryl methyl sites for hydroxylation is 3. The maximum absolute atomic E-state index is 5.07. The van der Waals surface area contributed by atoms with Crippen LogP contribution in [-0.4, -0.2) is 15.1 Å².